The van der Waals surface area contributed by atoms with Gasteiger partial charge in [-0.1, -0.05) is 11.8 Å². The summed E-state index contributed by atoms with van der Waals surface area (Å²) in [7, 11) is 0. The van der Waals surface area contributed by atoms with Gasteiger partial charge >= 0.3 is 0 Å². The fraction of sp³-hybridized carbons (Fsp3) is 0.111. The Morgan fingerprint density at radius 2 is 2.50 bits per heavy atom. The van der Waals surface area contributed by atoms with Crippen LogP contribution in [0.3, 0.4) is 0 Å². The normalized spacial score (nSPS) is 8.33. The van der Waals surface area contributed by atoms with Crippen molar-refractivity contribution >= 4 is 6.29 Å². The highest BCUT2D eigenvalue weighted by atomic mass is 16.5. The third kappa shape index (κ3) is 2.43. The van der Waals surface area contributed by atoms with E-state index in [1.165, 1.54) is 12.4 Å². The van der Waals surface area contributed by atoms with E-state index in [1.54, 1.807) is 12.1 Å². The zero-order chi connectivity index (χ0) is 8.81. The van der Waals surface area contributed by atoms with E-state index in [0.29, 0.717) is 10.3 Å². The first-order valence-electron chi connectivity index (χ1n) is 3.44. The van der Waals surface area contributed by atoms with Crippen LogP contribution in [0.5, 0.6) is 0 Å². The molecular formula is C9H7NO2. The lowest BCUT2D eigenvalue weighted by molar-refractivity contribution is -0.605. The molecule has 0 amide bonds. The van der Waals surface area contributed by atoms with Crippen molar-refractivity contribution in [3.63, 3.8) is 0 Å². The molecule has 0 radical (unpaired) electrons. The van der Waals surface area contributed by atoms with Crippen LogP contribution in [0.4, 0.5) is 0 Å². The molecule has 1 heterocycles. The summed E-state index contributed by atoms with van der Waals surface area (Å²) >= 11 is 0. The Morgan fingerprint density at radius 1 is 1.67 bits per heavy atom. The third-order valence-electron chi connectivity index (χ3n) is 1.19. The number of carbonyl (C=O) groups is 1. The molecule has 0 aromatic carbocycles. The lowest BCUT2D eigenvalue weighted by Crippen LogP contribution is -2.24. The maximum atomic E-state index is 10.7. The van der Waals surface area contributed by atoms with E-state index in [2.05, 4.69) is 11.8 Å². The van der Waals surface area contributed by atoms with Crippen molar-refractivity contribution in [2.75, 3.05) is 0 Å². The molecule has 0 atom stereocenters. The van der Waals surface area contributed by atoms with Crippen LogP contribution in [0.2, 0.25) is 0 Å². The molecule has 0 aliphatic carbocycles. The molecule has 12 heavy (non-hydrogen) atoms. The minimum atomic E-state index is 0.202. The van der Waals surface area contributed by atoms with Gasteiger partial charge in [0.25, 0.3) is 0 Å². The molecule has 0 fully saturated rings. The number of hydrogen-bond acceptors (Lipinski definition) is 2. The van der Waals surface area contributed by atoms with Crippen molar-refractivity contribution in [2.45, 2.75) is 6.42 Å². The second kappa shape index (κ2) is 4.14. The number of rotatable bonds is 1. The van der Waals surface area contributed by atoms with E-state index in [1.807, 2.05) is 0 Å². The van der Waals surface area contributed by atoms with Crippen LogP contribution < -0.4 is 4.73 Å². The Hall–Kier alpha value is -1.82. The van der Waals surface area contributed by atoms with Gasteiger partial charge in [0.1, 0.15) is 6.29 Å². The summed E-state index contributed by atoms with van der Waals surface area (Å²) in [6.45, 7) is 0. The number of nitrogens with zero attached hydrogens (tertiary/aromatic N) is 1. The van der Waals surface area contributed by atoms with Gasteiger partial charge in [0.15, 0.2) is 12.4 Å². The summed E-state index contributed by atoms with van der Waals surface area (Å²) < 4.78 is 0.672. The molecule has 1 rings (SSSR count). The maximum Gasteiger partial charge on any atom is 0.195 e. The van der Waals surface area contributed by atoms with Gasteiger partial charge in [-0.05, 0) is 6.07 Å². The summed E-state index contributed by atoms with van der Waals surface area (Å²) in [5.41, 5.74) is 0.620. The first kappa shape index (κ1) is 8.28. The summed E-state index contributed by atoms with van der Waals surface area (Å²) in [5, 5.41) is 10.7. The number of hydrogen-bond donors (Lipinski definition) is 0. The standard InChI is InChI=1S/C9H7NO2/c11-7-2-1-4-9-5-3-6-10(12)8-9/h3,5-8H,2H2. The topological polar surface area (TPSA) is 44.0 Å². The van der Waals surface area contributed by atoms with Gasteiger partial charge in [0, 0.05) is 6.07 Å². The molecular weight excluding hydrogens is 154 g/mol. The summed E-state index contributed by atoms with van der Waals surface area (Å²) in [5.74, 6) is 5.29. The van der Waals surface area contributed by atoms with Crippen LogP contribution in [-0.4, -0.2) is 6.29 Å². The molecule has 0 saturated carbocycles. The van der Waals surface area contributed by atoms with Crippen molar-refractivity contribution in [2.24, 2.45) is 0 Å². The molecule has 0 N–H and O–H groups in total. The summed E-state index contributed by atoms with van der Waals surface area (Å²) in [6, 6.07) is 3.32. The fourth-order valence-corrected chi connectivity index (χ4v) is 0.723. The van der Waals surface area contributed by atoms with Gasteiger partial charge < -0.3 is 10.0 Å². The molecule has 0 aliphatic rings. The molecule has 0 bridgehead atoms. The molecule has 0 spiro atoms. The third-order valence-corrected chi connectivity index (χ3v) is 1.19. The Balaban J connectivity index is 2.77. The Bertz CT molecular complexity index is 336. The highest BCUT2D eigenvalue weighted by Crippen LogP contribution is 1.89. The van der Waals surface area contributed by atoms with E-state index >= 15 is 0 Å². The second-order valence-electron chi connectivity index (χ2n) is 2.13. The van der Waals surface area contributed by atoms with Crippen LogP contribution in [-0.2, 0) is 4.79 Å². The van der Waals surface area contributed by atoms with Crippen LogP contribution in [0.15, 0.2) is 24.5 Å². The van der Waals surface area contributed by atoms with E-state index in [0.717, 1.165) is 6.29 Å². The van der Waals surface area contributed by atoms with Gasteiger partial charge in [0.05, 0.1) is 12.0 Å². The van der Waals surface area contributed by atoms with Crippen LogP contribution in [0, 0.1) is 17.0 Å². The largest absolute Gasteiger partial charge is 0.619 e. The van der Waals surface area contributed by atoms with Crippen LogP contribution >= 0.6 is 0 Å². The number of aromatic nitrogens is 1. The van der Waals surface area contributed by atoms with Crippen LogP contribution in [0.25, 0.3) is 0 Å². The predicted octanol–water partition coefficient (Wildman–Crippen LogP) is 0.260. The van der Waals surface area contributed by atoms with E-state index in [-0.39, 0.29) is 6.42 Å². The molecule has 0 saturated heterocycles. The summed E-state index contributed by atoms with van der Waals surface area (Å²) in [4.78, 5) is 9.89. The highest BCUT2D eigenvalue weighted by molar-refractivity contribution is 5.54. The highest BCUT2D eigenvalue weighted by Gasteiger charge is 1.89. The predicted molar refractivity (Wildman–Crippen MR) is 43.0 cm³/mol. The van der Waals surface area contributed by atoms with Crippen molar-refractivity contribution in [1.82, 2.24) is 0 Å². The minimum Gasteiger partial charge on any atom is -0.619 e. The first-order chi connectivity index (χ1) is 5.83. The molecule has 0 aliphatic heterocycles. The monoisotopic (exact) mass is 161 g/mol. The molecule has 3 heteroatoms. The van der Waals surface area contributed by atoms with Gasteiger partial charge in [0.2, 0.25) is 0 Å². The van der Waals surface area contributed by atoms with Crippen molar-refractivity contribution in [3.8, 4) is 11.8 Å². The van der Waals surface area contributed by atoms with Gasteiger partial charge in [-0.2, -0.15) is 4.73 Å². The second-order valence-corrected chi connectivity index (χ2v) is 2.13. The van der Waals surface area contributed by atoms with Gasteiger partial charge in [-0.15, -0.1) is 0 Å². The van der Waals surface area contributed by atoms with Gasteiger partial charge in [-0.3, -0.25) is 0 Å². The molecule has 3 nitrogen and oxygen atoms in total. The van der Waals surface area contributed by atoms with E-state index < -0.39 is 0 Å². The molecule has 1 aromatic rings. The SMILES string of the molecule is O=CCC#Cc1ccc[n+]([O-])c1. The number of carbonyl (C=O) groups excluding carboxylic acids is 1. The van der Waals surface area contributed by atoms with E-state index in [9.17, 15) is 10.0 Å². The molecule has 0 unspecified atom stereocenters. The molecule has 60 valence electrons. The quantitative estimate of drug-likeness (QED) is 0.256. The van der Waals surface area contributed by atoms with Crippen LogP contribution in [0.1, 0.15) is 12.0 Å². The Kier molecular flexibility index (Phi) is 2.86. The summed E-state index contributed by atoms with van der Waals surface area (Å²) in [6.07, 6.45) is 3.66. The molecule has 1 aromatic heterocycles. The zero-order valence-corrected chi connectivity index (χ0v) is 6.36. The zero-order valence-electron chi connectivity index (χ0n) is 6.36. The van der Waals surface area contributed by atoms with Gasteiger partial charge in [-0.25, -0.2) is 0 Å². The number of pyridine rings is 1. The van der Waals surface area contributed by atoms with E-state index in [4.69, 9.17) is 0 Å². The fourth-order valence-electron chi connectivity index (χ4n) is 0.723. The smallest absolute Gasteiger partial charge is 0.195 e. The van der Waals surface area contributed by atoms with Crippen molar-refractivity contribution < 1.29 is 9.52 Å². The number of aldehydes is 1. The Labute approximate surface area is 70.2 Å². The first-order valence-corrected chi connectivity index (χ1v) is 3.44. The Morgan fingerprint density at radius 3 is 3.17 bits per heavy atom. The average Bonchev–Trinajstić information content (AvgIpc) is 2.05. The maximum absolute atomic E-state index is 10.7. The van der Waals surface area contributed by atoms with Crippen molar-refractivity contribution in [3.05, 3.63) is 35.3 Å². The lowest BCUT2D eigenvalue weighted by Gasteiger charge is -1.92. The minimum absolute atomic E-state index is 0.202. The van der Waals surface area contributed by atoms with Crippen molar-refractivity contribution in [1.29, 1.82) is 0 Å². The lowest BCUT2D eigenvalue weighted by atomic mass is 10.3. The average molecular weight is 161 g/mol.